The molecule has 0 radical (unpaired) electrons. The van der Waals surface area contributed by atoms with Gasteiger partial charge < -0.3 is 4.74 Å². The molecule has 0 saturated heterocycles. The number of ether oxygens (including phenoxy) is 1. The molecule has 2 heteroatoms. The summed E-state index contributed by atoms with van der Waals surface area (Å²) in [4.78, 5) is 11.6. The van der Waals surface area contributed by atoms with Gasteiger partial charge >= 0.3 is 0 Å². The second kappa shape index (κ2) is 5.80. The van der Waals surface area contributed by atoms with E-state index in [0.29, 0.717) is 6.42 Å². The first-order chi connectivity index (χ1) is 10.3. The Labute approximate surface area is 124 Å². The maximum Gasteiger partial charge on any atom is 0.162 e. The van der Waals surface area contributed by atoms with Crippen molar-refractivity contribution in [3.05, 3.63) is 72.3 Å². The van der Waals surface area contributed by atoms with Gasteiger partial charge in [0.25, 0.3) is 0 Å². The van der Waals surface area contributed by atoms with Crippen molar-refractivity contribution in [1.29, 1.82) is 0 Å². The molecule has 0 heterocycles. The zero-order valence-corrected chi connectivity index (χ0v) is 11.9. The molecule has 0 atom stereocenters. The van der Waals surface area contributed by atoms with Crippen LogP contribution in [-0.2, 0) is 0 Å². The Morgan fingerprint density at radius 3 is 2.38 bits per heavy atom. The third-order valence-corrected chi connectivity index (χ3v) is 3.47. The second-order valence-electron chi connectivity index (χ2n) is 4.88. The topological polar surface area (TPSA) is 26.3 Å². The molecular formula is C19H16O2. The van der Waals surface area contributed by atoms with Crippen molar-refractivity contribution in [3.8, 4) is 11.5 Å². The van der Waals surface area contributed by atoms with Crippen LogP contribution in [0.1, 0.15) is 23.7 Å². The van der Waals surface area contributed by atoms with Crippen molar-refractivity contribution in [1.82, 2.24) is 0 Å². The Bertz CT molecular complexity index is 768. The molecule has 0 amide bonds. The molecular weight excluding hydrogens is 260 g/mol. The summed E-state index contributed by atoms with van der Waals surface area (Å²) in [6.45, 7) is 1.86. The van der Waals surface area contributed by atoms with Gasteiger partial charge in [-0.25, -0.2) is 0 Å². The number of benzene rings is 3. The molecule has 0 bridgehead atoms. The summed E-state index contributed by atoms with van der Waals surface area (Å²) in [5.41, 5.74) is 0.725. The lowest BCUT2D eigenvalue weighted by atomic mass is 10.1. The van der Waals surface area contributed by atoms with Crippen LogP contribution in [-0.4, -0.2) is 5.78 Å². The molecule has 21 heavy (non-hydrogen) atoms. The van der Waals surface area contributed by atoms with Crippen LogP contribution >= 0.6 is 0 Å². The van der Waals surface area contributed by atoms with Crippen LogP contribution in [0.5, 0.6) is 11.5 Å². The monoisotopic (exact) mass is 276 g/mol. The molecule has 0 aromatic heterocycles. The Balaban J connectivity index is 1.90. The number of carbonyl (C=O) groups excluding carboxylic acids is 1. The molecule has 2 nitrogen and oxygen atoms in total. The largest absolute Gasteiger partial charge is 0.457 e. The fourth-order valence-electron chi connectivity index (χ4n) is 2.32. The number of rotatable bonds is 4. The maximum absolute atomic E-state index is 11.6. The van der Waals surface area contributed by atoms with E-state index >= 15 is 0 Å². The standard InChI is InChI=1S/C19H16O2/c1-2-18(20)15-10-12-16(13-11-15)21-19-9-5-7-14-6-3-4-8-17(14)19/h3-13H,2H2,1H3. The maximum atomic E-state index is 11.6. The van der Waals surface area contributed by atoms with E-state index in [4.69, 9.17) is 4.74 Å². The summed E-state index contributed by atoms with van der Waals surface area (Å²) in [6, 6.07) is 21.4. The van der Waals surface area contributed by atoms with Gasteiger partial charge in [0.05, 0.1) is 0 Å². The van der Waals surface area contributed by atoms with Gasteiger partial charge in [-0.15, -0.1) is 0 Å². The van der Waals surface area contributed by atoms with Crippen LogP contribution in [0, 0.1) is 0 Å². The molecule has 0 N–H and O–H groups in total. The highest BCUT2D eigenvalue weighted by atomic mass is 16.5. The van der Waals surface area contributed by atoms with E-state index in [-0.39, 0.29) is 5.78 Å². The predicted molar refractivity (Wildman–Crippen MR) is 85.1 cm³/mol. The Hall–Kier alpha value is -2.61. The SMILES string of the molecule is CCC(=O)c1ccc(Oc2cccc3ccccc23)cc1. The summed E-state index contributed by atoms with van der Waals surface area (Å²) in [6.07, 6.45) is 0.517. The molecule has 0 aliphatic heterocycles. The Kier molecular flexibility index (Phi) is 3.69. The summed E-state index contributed by atoms with van der Waals surface area (Å²) in [5, 5.41) is 2.22. The van der Waals surface area contributed by atoms with Crippen LogP contribution in [0.15, 0.2) is 66.7 Å². The second-order valence-corrected chi connectivity index (χ2v) is 4.88. The fourth-order valence-corrected chi connectivity index (χ4v) is 2.32. The average molecular weight is 276 g/mol. The Morgan fingerprint density at radius 2 is 1.62 bits per heavy atom. The smallest absolute Gasteiger partial charge is 0.162 e. The van der Waals surface area contributed by atoms with E-state index in [2.05, 4.69) is 12.1 Å². The van der Waals surface area contributed by atoms with Gasteiger partial charge in [0.15, 0.2) is 5.78 Å². The van der Waals surface area contributed by atoms with Crippen LogP contribution in [0.2, 0.25) is 0 Å². The minimum absolute atomic E-state index is 0.145. The molecule has 0 spiro atoms. The first kappa shape index (κ1) is 13.4. The highest BCUT2D eigenvalue weighted by molar-refractivity contribution is 5.96. The molecule has 0 saturated carbocycles. The van der Waals surface area contributed by atoms with Gasteiger partial charge in [0.1, 0.15) is 11.5 Å². The summed E-state index contributed by atoms with van der Waals surface area (Å²) < 4.78 is 5.95. The quantitative estimate of drug-likeness (QED) is 0.610. The lowest BCUT2D eigenvalue weighted by Gasteiger charge is -2.09. The molecule has 3 aromatic carbocycles. The van der Waals surface area contributed by atoms with Gasteiger partial charge in [-0.3, -0.25) is 4.79 Å². The molecule has 0 fully saturated rings. The van der Waals surface area contributed by atoms with Gasteiger partial charge in [-0.2, -0.15) is 0 Å². The molecule has 0 aliphatic rings. The van der Waals surface area contributed by atoms with Crippen molar-refractivity contribution < 1.29 is 9.53 Å². The van der Waals surface area contributed by atoms with Gasteiger partial charge in [-0.05, 0) is 35.7 Å². The van der Waals surface area contributed by atoms with E-state index in [1.165, 1.54) is 0 Å². The molecule has 3 rings (SSSR count). The van der Waals surface area contributed by atoms with Crippen LogP contribution < -0.4 is 4.74 Å². The van der Waals surface area contributed by atoms with Crippen molar-refractivity contribution >= 4 is 16.6 Å². The normalized spacial score (nSPS) is 10.5. The number of hydrogen-bond donors (Lipinski definition) is 0. The van der Waals surface area contributed by atoms with Crippen molar-refractivity contribution in [2.75, 3.05) is 0 Å². The molecule has 3 aromatic rings. The zero-order valence-electron chi connectivity index (χ0n) is 11.9. The lowest BCUT2D eigenvalue weighted by Crippen LogP contribution is -1.95. The third-order valence-electron chi connectivity index (χ3n) is 3.47. The van der Waals surface area contributed by atoms with E-state index in [9.17, 15) is 4.79 Å². The van der Waals surface area contributed by atoms with Crippen molar-refractivity contribution in [3.63, 3.8) is 0 Å². The molecule has 0 aliphatic carbocycles. The first-order valence-corrected chi connectivity index (χ1v) is 7.07. The summed E-state index contributed by atoms with van der Waals surface area (Å²) >= 11 is 0. The number of ketones is 1. The van der Waals surface area contributed by atoms with Crippen molar-refractivity contribution in [2.24, 2.45) is 0 Å². The minimum atomic E-state index is 0.145. The van der Waals surface area contributed by atoms with Gasteiger partial charge in [0, 0.05) is 17.4 Å². The predicted octanol–water partition coefficient (Wildman–Crippen LogP) is 5.22. The lowest BCUT2D eigenvalue weighted by molar-refractivity contribution is 0.0988. The molecule has 0 unspecified atom stereocenters. The van der Waals surface area contributed by atoms with E-state index in [1.807, 2.05) is 61.5 Å². The number of hydrogen-bond acceptors (Lipinski definition) is 2. The summed E-state index contributed by atoms with van der Waals surface area (Å²) in [7, 11) is 0. The van der Waals surface area contributed by atoms with Crippen molar-refractivity contribution in [2.45, 2.75) is 13.3 Å². The van der Waals surface area contributed by atoms with Crippen LogP contribution in [0.25, 0.3) is 10.8 Å². The van der Waals surface area contributed by atoms with Crippen LogP contribution in [0.3, 0.4) is 0 Å². The highest BCUT2D eigenvalue weighted by Crippen LogP contribution is 2.29. The molecule has 104 valence electrons. The van der Waals surface area contributed by atoms with Gasteiger partial charge in [-0.1, -0.05) is 43.3 Å². The number of Topliss-reactive ketones (excluding diaryl/α,β-unsaturated/α-hetero) is 1. The van der Waals surface area contributed by atoms with E-state index in [1.54, 1.807) is 0 Å². The fraction of sp³-hybridized carbons (Fsp3) is 0.105. The first-order valence-electron chi connectivity index (χ1n) is 7.07. The van der Waals surface area contributed by atoms with Gasteiger partial charge in [0.2, 0.25) is 0 Å². The highest BCUT2D eigenvalue weighted by Gasteiger charge is 2.05. The average Bonchev–Trinajstić information content (AvgIpc) is 2.55. The zero-order chi connectivity index (χ0) is 14.7. The van der Waals surface area contributed by atoms with E-state index in [0.717, 1.165) is 27.8 Å². The number of carbonyl (C=O) groups is 1. The van der Waals surface area contributed by atoms with Crippen LogP contribution in [0.4, 0.5) is 0 Å². The minimum Gasteiger partial charge on any atom is -0.457 e. The number of fused-ring (bicyclic) bond motifs is 1. The Morgan fingerprint density at radius 1 is 0.905 bits per heavy atom. The van der Waals surface area contributed by atoms with E-state index < -0.39 is 0 Å². The third kappa shape index (κ3) is 2.79. The summed E-state index contributed by atoms with van der Waals surface area (Å²) in [5.74, 6) is 1.70.